The molecule has 1 aromatic carbocycles. The van der Waals surface area contributed by atoms with E-state index in [9.17, 15) is 4.79 Å². The molecule has 0 aliphatic heterocycles. The van der Waals surface area contributed by atoms with Crippen molar-refractivity contribution in [2.45, 2.75) is 19.9 Å². The molecule has 0 radical (unpaired) electrons. The van der Waals surface area contributed by atoms with Crippen LogP contribution >= 0.6 is 0 Å². The maximum atomic E-state index is 12.5. The smallest absolute Gasteiger partial charge is 0.255 e. The minimum absolute atomic E-state index is 0.220. The molecular weight excluding hydrogens is 280 g/mol. The number of amides is 1. The number of hydrogen-bond donors (Lipinski definition) is 2. The highest BCUT2D eigenvalue weighted by molar-refractivity contribution is 5.95. The van der Waals surface area contributed by atoms with Crippen molar-refractivity contribution in [3.8, 4) is 0 Å². The summed E-state index contributed by atoms with van der Waals surface area (Å²) in [4.78, 5) is 16.8. The van der Waals surface area contributed by atoms with Crippen LogP contribution in [0.3, 0.4) is 0 Å². The topological polar surface area (TPSA) is 83.8 Å². The van der Waals surface area contributed by atoms with Gasteiger partial charge in [0.25, 0.3) is 5.91 Å². The molecule has 1 atom stereocenters. The number of H-pyrrole nitrogens is 1. The summed E-state index contributed by atoms with van der Waals surface area (Å²) in [6.07, 6.45) is 1.50. The molecule has 0 saturated heterocycles. The van der Waals surface area contributed by atoms with E-state index >= 15 is 0 Å². The number of nitrogens with one attached hydrogen (secondary N) is 2. The van der Waals surface area contributed by atoms with E-state index in [-0.39, 0.29) is 5.91 Å². The molecule has 1 amide bonds. The highest BCUT2D eigenvalue weighted by atomic mass is 16.3. The van der Waals surface area contributed by atoms with E-state index in [4.69, 9.17) is 4.42 Å². The Kier molecular flexibility index (Phi) is 3.74. The summed E-state index contributed by atoms with van der Waals surface area (Å²) in [5.41, 5.74) is 1.42. The van der Waals surface area contributed by atoms with Crippen LogP contribution in [-0.2, 0) is 0 Å². The molecule has 0 aliphatic carbocycles. The fraction of sp³-hybridized carbons (Fsp3) is 0.188. The van der Waals surface area contributed by atoms with E-state index in [0.29, 0.717) is 23.0 Å². The maximum Gasteiger partial charge on any atom is 0.255 e. The molecule has 0 fully saturated rings. The lowest BCUT2D eigenvalue weighted by atomic mass is 10.1. The molecule has 22 heavy (non-hydrogen) atoms. The van der Waals surface area contributed by atoms with Crippen molar-refractivity contribution in [2.75, 3.05) is 0 Å². The van der Waals surface area contributed by atoms with Crippen LogP contribution < -0.4 is 5.32 Å². The van der Waals surface area contributed by atoms with Gasteiger partial charge >= 0.3 is 0 Å². The molecule has 3 aromatic rings. The number of nitrogens with zero attached hydrogens (tertiary/aromatic N) is 2. The van der Waals surface area contributed by atoms with Crippen molar-refractivity contribution in [3.63, 3.8) is 0 Å². The third kappa shape index (κ3) is 2.76. The van der Waals surface area contributed by atoms with Crippen molar-refractivity contribution in [1.82, 2.24) is 20.5 Å². The average Bonchev–Trinajstić information content (AvgIpc) is 3.14. The number of aromatic nitrogens is 3. The lowest BCUT2D eigenvalue weighted by Crippen LogP contribution is -2.30. The van der Waals surface area contributed by atoms with Gasteiger partial charge < -0.3 is 9.73 Å². The zero-order valence-electron chi connectivity index (χ0n) is 12.3. The normalized spacial score (nSPS) is 12.1. The Morgan fingerprint density at radius 1 is 1.23 bits per heavy atom. The maximum absolute atomic E-state index is 12.5. The van der Waals surface area contributed by atoms with Crippen LogP contribution in [0, 0.1) is 13.8 Å². The van der Waals surface area contributed by atoms with Crippen molar-refractivity contribution < 1.29 is 9.21 Å². The summed E-state index contributed by atoms with van der Waals surface area (Å²) in [5, 5.41) is 9.94. The first kappa shape index (κ1) is 14.1. The van der Waals surface area contributed by atoms with Gasteiger partial charge in [0, 0.05) is 0 Å². The van der Waals surface area contributed by atoms with Crippen LogP contribution in [0.5, 0.6) is 0 Å². The molecule has 0 bridgehead atoms. The van der Waals surface area contributed by atoms with Gasteiger partial charge in [0.15, 0.2) is 5.82 Å². The van der Waals surface area contributed by atoms with Crippen molar-refractivity contribution in [1.29, 1.82) is 0 Å². The van der Waals surface area contributed by atoms with E-state index in [0.717, 1.165) is 5.56 Å². The van der Waals surface area contributed by atoms with Crippen molar-refractivity contribution in [2.24, 2.45) is 0 Å². The molecular formula is C16H16N4O2. The molecule has 0 saturated carbocycles. The largest absolute Gasteiger partial charge is 0.469 e. The molecule has 112 valence electrons. The Labute approximate surface area is 127 Å². The highest BCUT2D eigenvalue weighted by Gasteiger charge is 2.22. The third-order valence-corrected chi connectivity index (χ3v) is 3.38. The lowest BCUT2D eigenvalue weighted by molar-refractivity contribution is 0.0940. The number of benzene rings is 1. The van der Waals surface area contributed by atoms with Gasteiger partial charge in [0.1, 0.15) is 17.6 Å². The summed E-state index contributed by atoms with van der Waals surface area (Å²) in [6, 6.07) is 10.8. The lowest BCUT2D eigenvalue weighted by Gasteiger charge is -2.16. The first-order chi connectivity index (χ1) is 10.6. The van der Waals surface area contributed by atoms with E-state index in [2.05, 4.69) is 20.5 Å². The van der Waals surface area contributed by atoms with Gasteiger partial charge in [0.05, 0.1) is 11.8 Å². The number of rotatable bonds is 4. The molecule has 2 heterocycles. The Morgan fingerprint density at radius 3 is 2.59 bits per heavy atom. The third-order valence-electron chi connectivity index (χ3n) is 3.38. The van der Waals surface area contributed by atoms with Gasteiger partial charge in [-0.05, 0) is 25.5 Å². The Morgan fingerprint density at radius 2 is 2.00 bits per heavy atom. The fourth-order valence-electron chi connectivity index (χ4n) is 2.26. The van der Waals surface area contributed by atoms with Crippen LogP contribution in [0.15, 0.2) is 47.1 Å². The first-order valence-electron chi connectivity index (χ1n) is 6.94. The number of hydrogen-bond acceptors (Lipinski definition) is 4. The number of carbonyl (C=O) groups excluding carboxylic acids is 1. The second-order valence-corrected chi connectivity index (χ2v) is 4.99. The monoisotopic (exact) mass is 296 g/mol. The van der Waals surface area contributed by atoms with Crippen molar-refractivity contribution in [3.05, 3.63) is 71.2 Å². The van der Waals surface area contributed by atoms with Crippen LogP contribution in [0.25, 0.3) is 0 Å². The molecule has 6 nitrogen and oxygen atoms in total. The van der Waals surface area contributed by atoms with Gasteiger partial charge in [-0.25, -0.2) is 4.98 Å². The van der Waals surface area contributed by atoms with Gasteiger partial charge in [-0.2, -0.15) is 5.10 Å². The zero-order chi connectivity index (χ0) is 15.5. The van der Waals surface area contributed by atoms with Crippen LogP contribution in [0.2, 0.25) is 0 Å². The number of aryl methyl sites for hydroxylation is 2. The van der Waals surface area contributed by atoms with Crippen LogP contribution in [0.1, 0.15) is 39.4 Å². The highest BCUT2D eigenvalue weighted by Crippen LogP contribution is 2.20. The molecule has 2 N–H and O–H groups in total. The summed E-state index contributed by atoms with van der Waals surface area (Å²) < 4.78 is 5.18. The van der Waals surface area contributed by atoms with Crippen LogP contribution in [-0.4, -0.2) is 21.1 Å². The van der Waals surface area contributed by atoms with Gasteiger partial charge in [-0.3, -0.25) is 9.89 Å². The van der Waals surface area contributed by atoms with E-state index in [1.54, 1.807) is 13.0 Å². The van der Waals surface area contributed by atoms with Gasteiger partial charge in [-0.15, -0.1) is 0 Å². The first-order valence-corrected chi connectivity index (χ1v) is 6.94. The molecule has 0 spiro atoms. The summed E-state index contributed by atoms with van der Waals surface area (Å²) in [6.45, 7) is 3.57. The quantitative estimate of drug-likeness (QED) is 0.775. The summed E-state index contributed by atoms with van der Waals surface area (Å²) in [5.74, 6) is 1.58. The second kappa shape index (κ2) is 5.85. The Balaban J connectivity index is 1.93. The second-order valence-electron chi connectivity index (χ2n) is 4.99. The molecule has 3 rings (SSSR count). The van der Waals surface area contributed by atoms with E-state index in [1.807, 2.05) is 37.3 Å². The Bertz CT molecular complexity index is 776. The average molecular weight is 296 g/mol. The van der Waals surface area contributed by atoms with Crippen molar-refractivity contribution >= 4 is 5.91 Å². The van der Waals surface area contributed by atoms with Gasteiger partial charge in [0.2, 0.25) is 0 Å². The molecule has 6 heteroatoms. The zero-order valence-corrected chi connectivity index (χ0v) is 12.3. The predicted molar refractivity (Wildman–Crippen MR) is 80.3 cm³/mol. The molecule has 2 aromatic heterocycles. The number of furan rings is 1. The molecule has 0 aliphatic rings. The number of aromatic amines is 1. The van der Waals surface area contributed by atoms with E-state index in [1.165, 1.54) is 6.26 Å². The minimum Gasteiger partial charge on any atom is -0.469 e. The minimum atomic E-state index is -0.423. The van der Waals surface area contributed by atoms with E-state index < -0.39 is 6.04 Å². The standard InChI is InChI=1S/C16H16N4O2/c1-10-13(8-9-22-10)16(21)18-14(12-6-4-3-5-7-12)15-17-11(2)19-20-15/h3-9,14H,1-2H3,(H,18,21)(H,17,19,20). The fourth-order valence-corrected chi connectivity index (χ4v) is 2.26. The van der Waals surface area contributed by atoms with Crippen LogP contribution in [0.4, 0.5) is 0 Å². The van der Waals surface area contributed by atoms with Gasteiger partial charge in [-0.1, -0.05) is 30.3 Å². The summed E-state index contributed by atoms with van der Waals surface area (Å²) >= 11 is 0. The summed E-state index contributed by atoms with van der Waals surface area (Å²) in [7, 11) is 0. The number of carbonyl (C=O) groups is 1. The SMILES string of the molecule is Cc1nc(C(NC(=O)c2ccoc2C)c2ccccc2)n[nH]1. The molecule has 1 unspecified atom stereocenters. The predicted octanol–water partition coefficient (Wildman–Crippen LogP) is 2.53. The Hall–Kier alpha value is -2.89.